The Morgan fingerprint density at radius 2 is 2.32 bits per heavy atom. The minimum Gasteiger partial charge on any atom is -0.490 e. The number of ether oxygens (including phenoxy) is 2. The Morgan fingerprint density at radius 1 is 1.47 bits per heavy atom. The zero-order valence-electron chi connectivity index (χ0n) is 10.8. The molecule has 1 aliphatic rings. The van der Waals surface area contributed by atoms with Gasteiger partial charge in [0, 0.05) is 0 Å². The molecule has 2 nitrogen and oxygen atoms in total. The van der Waals surface area contributed by atoms with Gasteiger partial charge in [-0.2, -0.15) is 0 Å². The summed E-state index contributed by atoms with van der Waals surface area (Å²) in [5.74, 6) is 5.95. The number of rotatable bonds is 3. The number of halogens is 2. The SMILES string of the molecule is CC1CCC(COc2ccc(F)cc2C#CCCl)O1. The zero-order valence-corrected chi connectivity index (χ0v) is 11.5. The van der Waals surface area contributed by atoms with Crippen molar-refractivity contribution in [2.45, 2.75) is 32.0 Å². The van der Waals surface area contributed by atoms with Gasteiger partial charge in [-0.25, -0.2) is 4.39 Å². The minimum atomic E-state index is -0.336. The van der Waals surface area contributed by atoms with Crippen molar-refractivity contribution in [3.8, 4) is 17.6 Å². The third-order valence-electron chi connectivity index (χ3n) is 2.98. The Morgan fingerprint density at radius 3 is 3.00 bits per heavy atom. The van der Waals surface area contributed by atoms with Crippen LogP contribution in [0.15, 0.2) is 18.2 Å². The monoisotopic (exact) mass is 282 g/mol. The molecular formula is C15H16ClFO2. The average Bonchev–Trinajstić information content (AvgIpc) is 2.81. The van der Waals surface area contributed by atoms with E-state index in [1.165, 1.54) is 12.1 Å². The van der Waals surface area contributed by atoms with Crippen LogP contribution in [0.4, 0.5) is 4.39 Å². The molecule has 0 amide bonds. The summed E-state index contributed by atoms with van der Waals surface area (Å²) in [5.41, 5.74) is 0.520. The second-order valence-corrected chi connectivity index (χ2v) is 4.80. The Balaban J connectivity index is 2.02. The molecule has 0 aliphatic carbocycles. The van der Waals surface area contributed by atoms with E-state index in [1.54, 1.807) is 6.07 Å². The summed E-state index contributed by atoms with van der Waals surface area (Å²) in [7, 11) is 0. The van der Waals surface area contributed by atoms with E-state index in [4.69, 9.17) is 21.1 Å². The van der Waals surface area contributed by atoms with Gasteiger partial charge in [0.05, 0.1) is 23.7 Å². The molecule has 4 heteroatoms. The standard InChI is InChI=1S/C15H16ClFO2/c1-11-4-6-14(19-11)10-18-15-7-5-13(17)9-12(15)3-2-8-16/h5,7,9,11,14H,4,6,8,10H2,1H3. The van der Waals surface area contributed by atoms with Crippen LogP contribution in [0.5, 0.6) is 5.75 Å². The van der Waals surface area contributed by atoms with E-state index in [0.29, 0.717) is 17.9 Å². The van der Waals surface area contributed by atoms with E-state index in [-0.39, 0.29) is 23.9 Å². The summed E-state index contributed by atoms with van der Waals surface area (Å²) in [6.45, 7) is 2.51. The zero-order chi connectivity index (χ0) is 13.7. The summed E-state index contributed by atoms with van der Waals surface area (Å²) in [4.78, 5) is 0. The first kappa shape index (κ1) is 14.2. The van der Waals surface area contributed by atoms with Crippen LogP contribution < -0.4 is 4.74 Å². The first-order valence-electron chi connectivity index (χ1n) is 6.31. The van der Waals surface area contributed by atoms with Crippen molar-refractivity contribution < 1.29 is 13.9 Å². The predicted octanol–water partition coefficient (Wildman–Crippen LogP) is 3.36. The quantitative estimate of drug-likeness (QED) is 0.625. The maximum absolute atomic E-state index is 13.2. The highest BCUT2D eigenvalue weighted by molar-refractivity contribution is 6.19. The van der Waals surface area contributed by atoms with E-state index < -0.39 is 0 Å². The molecule has 2 unspecified atom stereocenters. The van der Waals surface area contributed by atoms with Gasteiger partial charge in [-0.15, -0.1) is 11.6 Å². The number of benzene rings is 1. The normalized spacial score (nSPS) is 21.8. The Hall–Kier alpha value is -1.24. The van der Waals surface area contributed by atoms with Crippen molar-refractivity contribution in [1.29, 1.82) is 0 Å². The Kier molecular flexibility index (Phi) is 5.07. The van der Waals surface area contributed by atoms with E-state index in [0.717, 1.165) is 12.8 Å². The van der Waals surface area contributed by atoms with Gasteiger partial charge in [0.1, 0.15) is 18.2 Å². The molecule has 1 aromatic carbocycles. The van der Waals surface area contributed by atoms with Crippen molar-refractivity contribution in [2.75, 3.05) is 12.5 Å². The Labute approximate surface area is 117 Å². The summed E-state index contributed by atoms with van der Waals surface area (Å²) in [6.07, 6.45) is 2.44. The molecule has 0 N–H and O–H groups in total. The van der Waals surface area contributed by atoms with Gasteiger partial charge in [0.2, 0.25) is 0 Å². The smallest absolute Gasteiger partial charge is 0.135 e. The van der Waals surface area contributed by atoms with E-state index >= 15 is 0 Å². The second-order valence-electron chi connectivity index (χ2n) is 4.53. The molecule has 1 saturated heterocycles. The van der Waals surface area contributed by atoms with Gasteiger partial charge in [0.25, 0.3) is 0 Å². The average molecular weight is 283 g/mol. The molecule has 0 aromatic heterocycles. The van der Waals surface area contributed by atoms with Crippen LogP contribution >= 0.6 is 11.6 Å². The molecule has 0 spiro atoms. The van der Waals surface area contributed by atoms with E-state index in [2.05, 4.69) is 18.8 Å². The molecule has 19 heavy (non-hydrogen) atoms. The lowest BCUT2D eigenvalue weighted by molar-refractivity contribution is 0.0264. The predicted molar refractivity (Wildman–Crippen MR) is 73.1 cm³/mol. The largest absolute Gasteiger partial charge is 0.490 e. The van der Waals surface area contributed by atoms with Crippen molar-refractivity contribution in [3.63, 3.8) is 0 Å². The van der Waals surface area contributed by atoms with E-state index in [1.807, 2.05) is 0 Å². The van der Waals surface area contributed by atoms with Crippen LogP contribution in [-0.2, 0) is 4.74 Å². The minimum absolute atomic E-state index is 0.105. The lowest BCUT2D eigenvalue weighted by Gasteiger charge is -2.13. The topological polar surface area (TPSA) is 18.5 Å². The number of alkyl halides is 1. The molecule has 0 radical (unpaired) electrons. The van der Waals surface area contributed by atoms with Crippen LogP contribution in [0.25, 0.3) is 0 Å². The molecule has 1 fully saturated rings. The van der Waals surface area contributed by atoms with Crippen LogP contribution in [0.1, 0.15) is 25.3 Å². The maximum Gasteiger partial charge on any atom is 0.135 e. The summed E-state index contributed by atoms with van der Waals surface area (Å²) in [5, 5.41) is 0. The fourth-order valence-corrected chi connectivity index (χ4v) is 2.11. The van der Waals surface area contributed by atoms with Gasteiger partial charge < -0.3 is 9.47 Å². The molecule has 0 bridgehead atoms. The van der Waals surface area contributed by atoms with Gasteiger partial charge >= 0.3 is 0 Å². The van der Waals surface area contributed by atoms with Crippen LogP contribution in [0, 0.1) is 17.7 Å². The lowest BCUT2D eigenvalue weighted by atomic mass is 10.2. The highest BCUT2D eigenvalue weighted by Crippen LogP contribution is 2.23. The maximum atomic E-state index is 13.2. The molecule has 1 aliphatic heterocycles. The van der Waals surface area contributed by atoms with Crippen molar-refractivity contribution in [2.24, 2.45) is 0 Å². The first-order valence-corrected chi connectivity index (χ1v) is 6.85. The molecular weight excluding hydrogens is 267 g/mol. The molecule has 1 heterocycles. The van der Waals surface area contributed by atoms with Gasteiger partial charge in [0.15, 0.2) is 0 Å². The third-order valence-corrected chi connectivity index (χ3v) is 3.11. The third kappa shape index (κ3) is 4.12. The fourth-order valence-electron chi connectivity index (χ4n) is 2.04. The second kappa shape index (κ2) is 6.79. The van der Waals surface area contributed by atoms with Crippen LogP contribution in [0.3, 0.4) is 0 Å². The summed E-state index contributed by atoms with van der Waals surface area (Å²) in [6, 6.07) is 4.30. The fraction of sp³-hybridized carbons (Fsp3) is 0.467. The van der Waals surface area contributed by atoms with Crippen molar-refractivity contribution in [3.05, 3.63) is 29.6 Å². The lowest BCUT2D eigenvalue weighted by Crippen LogP contribution is -2.18. The summed E-state index contributed by atoms with van der Waals surface area (Å²) < 4.78 is 24.5. The van der Waals surface area contributed by atoms with Gasteiger partial charge in [-0.05, 0) is 38.0 Å². The first-order chi connectivity index (χ1) is 9.19. The van der Waals surface area contributed by atoms with Crippen molar-refractivity contribution in [1.82, 2.24) is 0 Å². The summed E-state index contributed by atoms with van der Waals surface area (Å²) >= 11 is 5.51. The van der Waals surface area contributed by atoms with Crippen molar-refractivity contribution >= 4 is 11.6 Å². The highest BCUT2D eigenvalue weighted by Gasteiger charge is 2.22. The molecule has 102 valence electrons. The Bertz CT molecular complexity index is 493. The molecule has 1 aromatic rings. The van der Waals surface area contributed by atoms with Crippen LogP contribution in [0.2, 0.25) is 0 Å². The highest BCUT2D eigenvalue weighted by atomic mass is 35.5. The van der Waals surface area contributed by atoms with E-state index in [9.17, 15) is 4.39 Å². The number of hydrogen-bond acceptors (Lipinski definition) is 2. The molecule has 0 saturated carbocycles. The molecule has 2 rings (SSSR count). The van der Waals surface area contributed by atoms with Gasteiger partial charge in [-0.1, -0.05) is 11.8 Å². The number of hydrogen-bond donors (Lipinski definition) is 0. The molecule has 2 atom stereocenters. The van der Waals surface area contributed by atoms with Gasteiger partial charge in [-0.3, -0.25) is 0 Å². The van der Waals surface area contributed by atoms with Crippen LogP contribution in [-0.4, -0.2) is 24.7 Å².